The summed E-state index contributed by atoms with van der Waals surface area (Å²) in [5.74, 6) is 0.946. The van der Waals surface area contributed by atoms with Gasteiger partial charge in [-0.25, -0.2) is 9.97 Å². The van der Waals surface area contributed by atoms with Crippen molar-refractivity contribution in [3.8, 4) is 5.75 Å². The van der Waals surface area contributed by atoms with Crippen molar-refractivity contribution >= 4 is 44.2 Å². The number of methoxy groups -OCH3 is 1. The molecule has 4 rings (SSSR count). The van der Waals surface area contributed by atoms with E-state index in [1.165, 1.54) is 17.8 Å². The second-order valence-corrected chi connectivity index (χ2v) is 8.79. The van der Waals surface area contributed by atoms with Gasteiger partial charge in [0.1, 0.15) is 11.3 Å². The molecule has 0 aliphatic heterocycles. The number of carbonyl (C=O) groups is 1. The van der Waals surface area contributed by atoms with Crippen molar-refractivity contribution in [3.05, 3.63) is 35.9 Å². The summed E-state index contributed by atoms with van der Waals surface area (Å²) in [7, 11) is 1.62. The molecular formula is C21H25ClN4O2S. The van der Waals surface area contributed by atoms with Crippen LogP contribution < -0.4 is 9.64 Å². The highest BCUT2D eigenvalue weighted by atomic mass is 35.5. The zero-order chi connectivity index (χ0) is 20.2. The maximum atomic E-state index is 13.4. The van der Waals surface area contributed by atoms with Crippen LogP contribution in [0, 0.1) is 5.92 Å². The standard InChI is InChI=1S/C21H25ClN4O2S/c1-28-17-9-8-16(22)19-18(17)24-21(29-19)26(12-5-11-25-13-10-23-14-25)20(27)15-6-3-2-4-7-15/h8-10,13-15H,2-7,11-12H2,1H3. The first-order valence-corrected chi connectivity index (χ1v) is 11.3. The Morgan fingerprint density at radius 2 is 2.17 bits per heavy atom. The number of anilines is 1. The first-order valence-electron chi connectivity index (χ1n) is 10.1. The third-order valence-corrected chi connectivity index (χ3v) is 7.01. The van der Waals surface area contributed by atoms with Crippen LogP contribution >= 0.6 is 22.9 Å². The molecule has 0 spiro atoms. The maximum absolute atomic E-state index is 13.4. The molecule has 1 fully saturated rings. The summed E-state index contributed by atoms with van der Waals surface area (Å²) in [4.78, 5) is 24.1. The topological polar surface area (TPSA) is 60.2 Å². The van der Waals surface area contributed by atoms with Crippen LogP contribution in [0.2, 0.25) is 5.02 Å². The monoisotopic (exact) mass is 432 g/mol. The molecule has 8 heteroatoms. The molecule has 0 unspecified atom stereocenters. The smallest absolute Gasteiger partial charge is 0.231 e. The van der Waals surface area contributed by atoms with E-state index in [1.54, 1.807) is 19.6 Å². The molecule has 0 radical (unpaired) electrons. The summed E-state index contributed by atoms with van der Waals surface area (Å²) in [5.41, 5.74) is 0.719. The van der Waals surface area contributed by atoms with E-state index >= 15 is 0 Å². The second kappa shape index (κ2) is 9.13. The van der Waals surface area contributed by atoms with Crippen LogP contribution in [-0.2, 0) is 11.3 Å². The minimum absolute atomic E-state index is 0.0846. The van der Waals surface area contributed by atoms with Crippen LogP contribution in [0.15, 0.2) is 30.9 Å². The van der Waals surface area contributed by atoms with E-state index < -0.39 is 0 Å². The lowest BCUT2D eigenvalue weighted by Gasteiger charge is -2.27. The summed E-state index contributed by atoms with van der Waals surface area (Å²) >= 11 is 7.87. The molecule has 1 amide bonds. The van der Waals surface area contributed by atoms with Gasteiger partial charge in [-0.3, -0.25) is 9.69 Å². The summed E-state index contributed by atoms with van der Waals surface area (Å²) in [5, 5.41) is 1.33. The molecule has 0 saturated heterocycles. The number of thiazole rings is 1. The van der Waals surface area contributed by atoms with Crippen LogP contribution in [0.25, 0.3) is 10.2 Å². The Labute approximate surface area is 179 Å². The number of aryl methyl sites for hydroxylation is 1. The van der Waals surface area contributed by atoms with Gasteiger partial charge in [-0.1, -0.05) is 42.2 Å². The molecule has 0 bridgehead atoms. The molecule has 1 aliphatic carbocycles. The summed E-state index contributed by atoms with van der Waals surface area (Å²) in [6.45, 7) is 1.43. The normalized spacial score (nSPS) is 15.0. The summed E-state index contributed by atoms with van der Waals surface area (Å²) in [6.07, 6.45) is 11.7. The molecule has 0 N–H and O–H groups in total. The number of hydrogen-bond donors (Lipinski definition) is 0. The van der Waals surface area contributed by atoms with Gasteiger partial charge in [0, 0.05) is 31.4 Å². The number of hydrogen-bond acceptors (Lipinski definition) is 5. The molecule has 0 atom stereocenters. The van der Waals surface area contributed by atoms with Gasteiger partial charge in [0.15, 0.2) is 5.13 Å². The third-order valence-electron chi connectivity index (χ3n) is 5.48. The Kier molecular flexibility index (Phi) is 6.35. The van der Waals surface area contributed by atoms with E-state index in [4.69, 9.17) is 21.3 Å². The molecule has 6 nitrogen and oxygen atoms in total. The van der Waals surface area contributed by atoms with Gasteiger partial charge < -0.3 is 9.30 Å². The lowest BCUT2D eigenvalue weighted by Crippen LogP contribution is -2.38. The predicted molar refractivity (Wildman–Crippen MR) is 117 cm³/mol. The van der Waals surface area contributed by atoms with Gasteiger partial charge in [-0.2, -0.15) is 0 Å². The van der Waals surface area contributed by atoms with Gasteiger partial charge in [0.25, 0.3) is 0 Å². The van der Waals surface area contributed by atoms with Gasteiger partial charge in [0.2, 0.25) is 5.91 Å². The van der Waals surface area contributed by atoms with Crippen molar-refractivity contribution in [2.75, 3.05) is 18.6 Å². The van der Waals surface area contributed by atoms with Gasteiger partial charge in [-0.05, 0) is 31.4 Å². The fourth-order valence-corrected chi connectivity index (χ4v) is 5.21. The fourth-order valence-electron chi connectivity index (χ4n) is 3.92. The molecule has 1 aliphatic rings. The number of ether oxygens (including phenoxy) is 1. The van der Waals surface area contributed by atoms with Crippen LogP contribution in [0.4, 0.5) is 5.13 Å². The lowest BCUT2D eigenvalue weighted by atomic mass is 9.88. The summed E-state index contributed by atoms with van der Waals surface area (Å²) in [6, 6.07) is 3.64. The Balaban J connectivity index is 1.62. The molecule has 3 aromatic rings. The Bertz CT molecular complexity index is 967. The first-order chi connectivity index (χ1) is 14.2. The number of aromatic nitrogens is 3. The van der Waals surface area contributed by atoms with Gasteiger partial charge in [-0.15, -0.1) is 0 Å². The maximum Gasteiger partial charge on any atom is 0.231 e. The third kappa shape index (κ3) is 4.41. The fraction of sp³-hybridized carbons (Fsp3) is 0.476. The number of rotatable bonds is 7. The highest BCUT2D eigenvalue weighted by Gasteiger charge is 2.29. The van der Waals surface area contributed by atoms with Crippen LogP contribution in [0.3, 0.4) is 0 Å². The molecule has 1 aromatic carbocycles. The van der Waals surface area contributed by atoms with Crippen LogP contribution in [0.5, 0.6) is 5.75 Å². The Morgan fingerprint density at radius 1 is 1.34 bits per heavy atom. The zero-order valence-electron chi connectivity index (χ0n) is 16.5. The zero-order valence-corrected chi connectivity index (χ0v) is 18.1. The number of carbonyl (C=O) groups excluding carboxylic acids is 1. The molecular weight excluding hydrogens is 408 g/mol. The minimum Gasteiger partial charge on any atom is -0.494 e. The number of imidazole rings is 1. The van der Waals surface area contributed by atoms with Crippen molar-refractivity contribution in [3.63, 3.8) is 0 Å². The van der Waals surface area contributed by atoms with Crippen LogP contribution in [-0.4, -0.2) is 34.1 Å². The summed E-state index contributed by atoms with van der Waals surface area (Å²) < 4.78 is 8.34. The molecule has 2 heterocycles. The SMILES string of the molecule is COc1ccc(Cl)c2sc(N(CCCn3ccnc3)C(=O)C3CCCCC3)nc12. The van der Waals surface area contributed by atoms with Crippen LogP contribution in [0.1, 0.15) is 38.5 Å². The highest BCUT2D eigenvalue weighted by Crippen LogP contribution is 2.39. The van der Waals surface area contributed by atoms with E-state index in [1.807, 2.05) is 27.8 Å². The quantitative estimate of drug-likeness (QED) is 0.517. The van der Waals surface area contributed by atoms with Crippen molar-refractivity contribution in [2.45, 2.75) is 45.1 Å². The molecule has 2 aromatic heterocycles. The largest absolute Gasteiger partial charge is 0.494 e. The average Bonchev–Trinajstić information content (AvgIpc) is 3.42. The van der Waals surface area contributed by atoms with Gasteiger partial charge >= 0.3 is 0 Å². The Morgan fingerprint density at radius 3 is 2.90 bits per heavy atom. The van der Waals surface area contributed by atoms with E-state index in [2.05, 4.69) is 4.98 Å². The predicted octanol–water partition coefficient (Wildman–Crippen LogP) is 5.16. The van der Waals surface area contributed by atoms with Gasteiger partial charge in [0.05, 0.1) is 23.2 Å². The molecule has 1 saturated carbocycles. The van der Waals surface area contributed by atoms with Crippen molar-refractivity contribution in [1.82, 2.24) is 14.5 Å². The van der Waals surface area contributed by atoms with E-state index in [0.717, 1.165) is 48.9 Å². The van der Waals surface area contributed by atoms with E-state index in [9.17, 15) is 4.79 Å². The highest BCUT2D eigenvalue weighted by molar-refractivity contribution is 7.23. The van der Waals surface area contributed by atoms with Crippen molar-refractivity contribution < 1.29 is 9.53 Å². The Hall–Kier alpha value is -2.12. The first kappa shape index (κ1) is 20.2. The number of amides is 1. The second-order valence-electron chi connectivity index (χ2n) is 7.40. The molecule has 154 valence electrons. The number of benzene rings is 1. The molecule has 29 heavy (non-hydrogen) atoms. The lowest BCUT2D eigenvalue weighted by molar-refractivity contribution is -0.123. The van der Waals surface area contributed by atoms with E-state index in [-0.39, 0.29) is 11.8 Å². The average molecular weight is 433 g/mol. The van der Waals surface area contributed by atoms with E-state index in [0.29, 0.717) is 22.4 Å². The minimum atomic E-state index is 0.0846. The number of halogens is 1. The number of nitrogens with zero attached hydrogens (tertiary/aromatic N) is 4. The van der Waals surface area contributed by atoms with Crippen molar-refractivity contribution in [2.24, 2.45) is 5.92 Å². The van der Waals surface area contributed by atoms with Crippen molar-refractivity contribution in [1.29, 1.82) is 0 Å². The number of fused-ring (bicyclic) bond motifs is 1.